The first-order valence-corrected chi connectivity index (χ1v) is 33.1. The molecule has 9 heteroatoms. The molecule has 0 rings (SSSR count). The van der Waals surface area contributed by atoms with Crippen LogP contribution >= 0.6 is 0 Å². The quantitative estimate of drug-likeness (QED) is 0.0211. The van der Waals surface area contributed by atoms with Crippen LogP contribution in [0.4, 0.5) is 0 Å². The highest BCUT2D eigenvalue weighted by Crippen LogP contribution is 2.17. The fourth-order valence-electron chi connectivity index (χ4n) is 9.39. The van der Waals surface area contributed by atoms with Crippen molar-refractivity contribution >= 4 is 17.9 Å². The first kappa shape index (κ1) is 75.7. The Labute approximate surface area is 487 Å². The molecule has 0 aliphatic heterocycles. The van der Waals surface area contributed by atoms with Crippen molar-refractivity contribution in [2.45, 2.75) is 309 Å². The Morgan fingerprint density at radius 3 is 1.08 bits per heavy atom. The Morgan fingerprint density at radius 1 is 0.392 bits per heavy atom. The lowest BCUT2D eigenvalue weighted by Crippen LogP contribution is -2.40. The van der Waals surface area contributed by atoms with Crippen LogP contribution in [0.3, 0.4) is 0 Å². The highest BCUT2D eigenvalue weighted by Gasteiger charge is 2.25. The maximum atomic E-state index is 12.9. The van der Waals surface area contributed by atoms with E-state index in [0.717, 1.165) is 70.6 Å². The minimum atomic E-state index is -1.51. The number of esters is 2. The molecule has 458 valence electrons. The van der Waals surface area contributed by atoms with Crippen LogP contribution in [-0.4, -0.2) is 87.4 Å². The zero-order valence-electron chi connectivity index (χ0n) is 52.3. The minimum absolute atomic E-state index is 0.182. The van der Waals surface area contributed by atoms with Gasteiger partial charge < -0.3 is 28.5 Å². The van der Waals surface area contributed by atoms with Gasteiger partial charge in [0.2, 0.25) is 0 Å². The summed E-state index contributed by atoms with van der Waals surface area (Å²) in [6.07, 6.45) is 77.1. The number of carbonyl (C=O) groups is 3. The zero-order chi connectivity index (χ0) is 57.6. The molecule has 0 saturated heterocycles. The molecule has 0 aliphatic carbocycles. The lowest BCUT2D eigenvalue weighted by Gasteiger charge is -2.25. The molecule has 0 aliphatic rings. The molecule has 0 amide bonds. The predicted molar refractivity (Wildman–Crippen MR) is 336 cm³/mol. The second-order valence-electron chi connectivity index (χ2n) is 23.4. The van der Waals surface area contributed by atoms with Gasteiger partial charge in [0.05, 0.1) is 34.4 Å². The molecule has 0 heterocycles. The van der Waals surface area contributed by atoms with E-state index in [1.807, 2.05) is 21.1 Å². The zero-order valence-corrected chi connectivity index (χ0v) is 52.3. The highest BCUT2D eigenvalue weighted by molar-refractivity contribution is 5.71. The van der Waals surface area contributed by atoms with Crippen molar-refractivity contribution in [1.29, 1.82) is 0 Å². The number of carboxylic acids is 1. The molecule has 2 atom stereocenters. The Kier molecular flexibility index (Phi) is 58.3. The number of nitrogens with zero attached hydrogens (tertiary/aromatic N) is 1. The fourth-order valence-corrected chi connectivity index (χ4v) is 9.39. The number of hydrogen-bond acceptors (Lipinski definition) is 7. The number of allylic oxidation sites excluding steroid dienone is 12. The number of unbranched alkanes of at least 4 members (excludes halogenated alkanes) is 34. The smallest absolute Gasteiger partial charge is 0.361 e. The second-order valence-corrected chi connectivity index (χ2v) is 23.4. The number of hydrogen-bond donors (Lipinski definition) is 1. The molecule has 0 aromatic heterocycles. The number of carbonyl (C=O) groups excluding carboxylic acids is 2. The summed E-state index contributed by atoms with van der Waals surface area (Å²) in [5.74, 6) is -1.99. The van der Waals surface area contributed by atoms with Gasteiger partial charge in [-0.25, -0.2) is 4.79 Å². The molecule has 0 aromatic rings. The lowest BCUT2D eigenvalue weighted by molar-refractivity contribution is -0.870. The summed E-state index contributed by atoms with van der Waals surface area (Å²) in [6, 6.07) is 0. The molecular formula is C70H126NO8+. The standard InChI is InChI=1S/C70H125NO8/c1-6-8-10-12-14-16-18-20-22-24-26-28-30-31-32-33-34-35-36-37-39-41-43-45-47-49-51-53-55-57-59-61-68(73)79-66(65-78-70(69(74)75)76-63-62-71(3,4)5)64-77-67(72)60-58-56-54-52-50-48-46-44-42-40-38-29-27-25-23-21-19-17-15-13-11-9-7-2/h8,10,14,16,19-22,25-28,66,70H,6-7,9,11-13,15,17-18,23-24,29-65H2,1-5H3/p+1/b10-8-,16-14-,21-19-,22-20-,27-25-,28-26-. The molecule has 9 nitrogen and oxygen atoms in total. The molecule has 0 fully saturated rings. The van der Waals surface area contributed by atoms with Crippen molar-refractivity contribution in [3.8, 4) is 0 Å². The van der Waals surface area contributed by atoms with Gasteiger partial charge in [-0.3, -0.25) is 9.59 Å². The van der Waals surface area contributed by atoms with Crippen molar-refractivity contribution in [2.24, 2.45) is 0 Å². The van der Waals surface area contributed by atoms with Gasteiger partial charge in [0.15, 0.2) is 6.10 Å². The molecule has 0 radical (unpaired) electrons. The Hall–Kier alpha value is -3.27. The summed E-state index contributed by atoms with van der Waals surface area (Å²) < 4.78 is 23.0. The maximum absolute atomic E-state index is 12.9. The molecule has 0 aromatic carbocycles. The first-order chi connectivity index (χ1) is 38.6. The van der Waals surface area contributed by atoms with E-state index in [2.05, 4.69) is 86.8 Å². The van der Waals surface area contributed by atoms with Crippen LogP contribution in [0.15, 0.2) is 72.9 Å². The average molecular weight is 1110 g/mol. The summed E-state index contributed by atoms with van der Waals surface area (Å²) in [5, 5.41) is 9.73. The molecule has 1 N–H and O–H groups in total. The van der Waals surface area contributed by atoms with Crippen LogP contribution in [0.2, 0.25) is 0 Å². The molecular weight excluding hydrogens is 983 g/mol. The predicted octanol–water partition coefficient (Wildman–Crippen LogP) is 20.1. The van der Waals surface area contributed by atoms with Crippen molar-refractivity contribution in [3.63, 3.8) is 0 Å². The van der Waals surface area contributed by atoms with Gasteiger partial charge in [-0.05, 0) is 83.5 Å². The second kappa shape index (κ2) is 60.8. The Morgan fingerprint density at radius 2 is 0.722 bits per heavy atom. The monoisotopic (exact) mass is 1110 g/mol. The largest absolute Gasteiger partial charge is 0.477 e. The van der Waals surface area contributed by atoms with E-state index >= 15 is 0 Å². The van der Waals surface area contributed by atoms with Gasteiger partial charge in [0, 0.05) is 12.8 Å². The Balaban J connectivity index is 4.12. The SMILES string of the molecule is CC/C=C\C/C=C\C/C=C\C/C=C\CCCCCCCCCCCCCCCCCCCCC(=O)OC(COC(=O)CCCCCCCCCCCCC/C=C\C/C=C\CCCCCCC)COC(OCC[N+](C)(C)C)C(=O)O. The topological polar surface area (TPSA) is 108 Å². The van der Waals surface area contributed by atoms with Crippen LogP contribution in [0, 0.1) is 0 Å². The normalized spacial score (nSPS) is 13.2. The van der Waals surface area contributed by atoms with Gasteiger partial charge in [-0.15, -0.1) is 0 Å². The number of quaternary nitrogens is 1. The molecule has 0 saturated carbocycles. The van der Waals surface area contributed by atoms with Crippen molar-refractivity contribution in [1.82, 2.24) is 0 Å². The van der Waals surface area contributed by atoms with Crippen molar-refractivity contribution in [2.75, 3.05) is 47.5 Å². The van der Waals surface area contributed by atoms with E-state index in [-0.39, 0.29) is 32.2 Å². The van der Waals surface area contributed by atoms with Gasteiger partial charge >= 0.3 is 17.9 Å². The lowest BCUT2D eigenvalue weighted by atomic mass is 10.0. The van der Waals surface area contributed by atoms with Gasteiger partial charge in [0.1, 0.15) is 13.2 Å². The van der Waals surface area contributed by atoms with E-state index in [1.165, 1.54) is 199 Å². The third kappa shape index (κ3) is 62.2. The van der Waals surface area contributed by atoms with Crippen LogP contribution in [0.25, 0.3) is 0 Å². The van der Waals surface area contributed by atoms with E-state index in [1.54, 1.807) is 0 Å². The van der Waals surface area contributed by atoms with E-state index in [9.17, 15) is 19.5 Å². The van der Waals surface area contributed by atoms with Crippen molar-refractivity contribution < 1.29 is 42.9 Å². The number of likely N-dealkylation sites (N-methyl/N-ethyl adjacent to an activating group) is 1. The third-order valence-corrected chi connectivity index (χ3v) is 14.4. The Bertz CT molecular complexity index is 1520. The van der Waals surface area contributed by atoms with Gasteiger partial charge in [-0.1, -0.05) is 273 Å². The molecule has 79 heavy (non-hydrogen) atoms. The minimum Gasteiger partial charge on any atom is -0.477 e. The average Bonchev–Trinajstić information content (AvgIpc) is 3.42. The van der Waals surface area contributed by atoms with Crippen molar-refractivity contribution in [3.05, 3.63) is 72.9 Å². The maximum Gasteiger partial charge on any atom is 0.361 e. The highest BCUT2D eigenvalue weighted by atomic mass is 16.7. The van der Waals surface area contributed by atoms with E-state index < -0.39 is 24.3 Å². The van der Waals surface area contributed by atoms with Gasteiger partial charge in [0.25, 0.3) is 6.29 Å². The van der Waals surface area contributed by atoms with Crippen LogP contribution in [0.5, 0.6) is 0 Å². The fraction of sp³-hybridized carbons (Fsp3) is 0.786. The van der Waals surface area contributed by atoms with Gasteiger partial charge in [-0.2, -0.15) is 0 Å². The van der Waals surface area contributed by atoms with Crippen LogP contribution < -0.4 is 0 Å². The first-order valence-electron chi connectivity index (χ1n) is 33.1. The number of ether oxygens (including phenoxy) is 4. The summed E-state index contributed by atoms with van der Waals surface area (Å²) in [5.41, 5.74) is 0. The summed E-state index contributed by atoms with van der Waals surface area (Å²) in [4.78, 5) is 37.6. The number of aliphatic carboxylic acids is 1. The third-order valence-electron chi connectivity index (χ3n) is 14.4. The molecule has 0 bridgehead atoms. The number of carboxylic acid groups (broad SMARTS) is 1. The molecule has 2 unspecified atom stereocenters. The summed E-state index contributed by atoms with van der Waals surface area (Å²) >= 11 is 0. The number of rotatable bonds is 61. The summed E-state index contributed by atoms with van der Waals surface area (Å²) in [6.45, 7) is 4.79. The van der Waals surface area contributed by atoms with E-state index in [0.29, 0.717) is 17.4 Å². The summed E-state index contributed by atoms with van der Waals surface area (Å²) in [7, 11) is 5.98. The van der Waals surface area contributed by atoms with Crippen LogP contribution in [0.1, 0.15) is 296 Å². The van der Waals surface area contributed by atoms with E-state index in [4.69, 9.17) is 18.9 Å². The van der Waals surface area contributed by atoms with Crippen LogP contribution in [-0.2, 0) is 33.3 Å². The molecule has 0 spiro atoms.